The fourth-order valence-corrected chi connectivity index (χ4v) is 4.57. The molecule has 0 unspecified atom stereocenters. The van der Waals surface area contributed by atoms with E-state index in [1.54, 1.807) is 14.2 Å². The Hall–Kier alpha value is -2.93. The summed E-state index contributed by atoms with van der Waals surface area (Å²) in [6.45, 7) is 2.20. The molecule has 3 rings (SSSR count). The van der Waals surface area contributed by atoms with Gasteiger partial charge in [-0.3, -0.25) is 0 Å². The lowest BCUT2D eigenvalue weighted by atomic mass is 9.97. The van der Waals surface area contributed by atoms with Crippen molar-refractivity contribution in [2.24, 2.45) is 0 Å². The highest BCUT2D eigenvalue weighted by atomic mass is 16.5. The first-order chi connectivity index (χ1) is 15.7. The van der Waals surface area contributed by atoms with Crippen molar-refractivity contribution in [3.63, 3.8) is 0 Å². The number of ether oxygens (including phenoxy) is 2. The van der Waals surface area contributed by atoms with Crippen molar-refractivity contribution in [1.82, 2.24) is 4.98 Å². The van der Waals surface area contributed by atoms with E-state index in [4.69, 9.17) is 14.7 Å². The van der Waals surface area contributed by atoms with Crippen LogP contribution in [0.3, 0.4) is 0 Å². The van der Waals surface area contributed by atoms with Crippen LogP contribution < -0.4 is 9.47 Å². The summed E-state index contributed by atoms with van der Waals surface area (Å²) in [5, 5.41) is 9.89. The molecule has 32 heavy (non-hydrogen) atoms. The SMILES string of the molecule is COc1ccc(-c2[nH]c3ccc(OC)c(CCCCCCCCCCC#N)c3c2C)cc1. The molecular formula is C28H36N2O2. The van der Waals surface area contributed by atoms with Crippen LogP contribution in [0.15, 0.2) is 36.4 Å². The summed E-state index contributed by atoms with van der Waals surface area (Å²) in [6.07, 6.45) is 11.5. The summed E-state index contributed by atoms with van der Waals surface area (Å²) in [7, 11) is 3.46. The topological polar surface area (TPSA) is 58.0 Å². The molecule has 0 fully saturated rings. The van der Waals surface area contributed by atoms with Crippen LogP contribution in [-0.2, 0) is 6.42 Å². The van der Waals surface area contributed by atoms with Gasteiger partial charge in [0, 0.05) is 28.6 Å². The number of unbranched alkanes of at least 4 members (excludes halogenated alkanes) is 8. The maximum atomic E-state index is 8.59. The number of methoxy groups -OCH3 is 2. The van der Waals surface area contributed by atoms with Crippen LogP contribution in [0.5, 0.6) is 11.5 Å². The van der Waals surface area contributed by atoms with Crippen molar-refractivity contribution in [2.45, 2.75) is 71.1 Å². The molecule has 0 bridgehead atoms. The molecule has 0 atom stereocenters. The van der Waals surface area contributed by atoms with Crippen molar-refractivity contribution >= 4 is 10.9 Å². The number of fused-ring (bicyclic) bond motifs is 1. The lowest BCUT2D eigenvalue weighted by Crippen LogP contribution is -1.95. The van der Waals surface area contributed by atoms with Crippen LogP contribution in [0, 0.1) is 18.3 Å². The summed E-state index contributed by atoms with van der Waals surface area (Å²) in [6, 6.07) is 14.7. The van der Waals surface area contributed by atoms with Crippen molar-refractivity contribution in [1.29, 1.82) is 5.26 Å². The van der Waals surface area contributed by atoms with E-state index in [2.05, 4.69) is 42.2 Å². The highest BCUT2D eigenvalue weighted by molar-refractivity contribution is 5.94. The van der Waals surface area contributed by atoms with Crippen molar-refractivity contribution in [2.75, 3.05) is 14.2 Å². The molecular weight excluding hydrogens is 396 g/mol. The predicted octanol–water partition coefficient (Wildman–Crippen LogP) is 7.74. The number of rotatable bonds is 13. The Kier molecular flexibility index (Phi) is 9.04. The van der Waals surface area contributed by atoms with Crippen LogP contribution in [0.4, 0.5) is 0 Å². The van der Waals surface area contributed by atoms with Crippen molar-refractivity contribution in [3.8, 4) is 28.8 Å². The number of nitrogens with one attached hydrogen (secondary N) is 1. The summed E-state index contributed by atoms with van der Waals surface area (Å²) in [5.41, 5.74) is 6.08. The average Bonchev–Trinajstić information content (AvgIpc) is 3.17. The highest BCUT2D eigenvalue weighted by Gasteiger charge is 2.16. The number of hydrogen-bond donors (Lipinski definition) is 1. The molecule has 0 aliphatic heterocycles. The average molecular weight is 433 g/mol. The Morgan fingerprint density at radius 1 is 0.812 bits per heavy atom. The van der Waals surface area contributed by atoms with Gasteiger partial charge in [0.05, 0.1) is 20.3 Å². The van der Waals surface area contributed by atoms with Crippen LogP contribution >= 0.6 is 0 Å². The van der Waals surface area contributed by atoms with Crippen molar-refractivity contribution in [3.05, 3.63) is 47.5 Å². The molecule has 1 heterocycles. The second-order valence-corrected chi connectivity index (χ2v) is 8.51. The van der Waals surface area contributed by atoms with Gasteiger partial charge in [-0.1, -0.05) is 38.5 Å². The summed E-state index contributed by atoms with van der Waals surface area (Å²) < 4.78 is 11.0. The molecule has 1 aromatic heterocycles. The van der Waals surface area contributed by atoms with Gasteiger partial charge in [0.15, 0.2) is 0 Å². The van der Waals surface area contributed by atoms with E-state index < -0.39 is 0 Å². The van der Waals surface area contributed by atoms with Gasteiger partial charge in [0.2, 0.25) is 0 Å². The number of H-pyrrole nitrogens is 1. The number of aromatic amines is 1. The first-order valence-electron chi connectivity index (χ1n) is 11.9. The van der Waals surface area contributed by atoms with Gasteiger partial charge >= 0.3 is 0 Å². The third kappa shape index (κ3) is 5.85. The lowest BCUT2D eigenvalue weighted by Gasteiger charge is -2.11. The standard InChI is InChI=1S/C28H36N2O2/c1-21-27-24(13-11-9-7-5-4-6-8-10-12-20-29)26(32-3)19-18-25(27)30-28(21)22-14-16-23(31-2)17-15-22/h14-19,30H,4-13H2,1-3H3. The summed E-state index contributed by atoms with van der Waals surface area (Å²) >= 11 is 0. The minimum atomic E-state index is 0.701. The molecule has 0 spiro atoms. The maximum absolute atomic E-state index is 8.59. The van der Waals surface area contributed by atoms with Gasteiger partial charge in [-0.25, -0.2) is 0 Å². The Morgan fingerprint density at radius 3 is 2.09 bits per heavy atom. The molecule has 170 valence electrons. The van der Waals surface area contributed by atoms with Crippen LogP contribution in [0.2, 0.25) is 0 Å². The zero-order valence-corrected chi connectivity index (χ0v) is 19.8. The Bertz CT molecular complexity index is 1030. The van der Waals surface area contributed by atoms with E-state index in [0.717, 1.165) is 30.0 Å². The van der Waals surface area contributed by atoms with E-state index >= 15 is 0 Å². The first-order valence-corrected chi connectivity index (χ1v) is 11.9. The van der Waals surface area contributed by atoms with E-state index in [9.17, 15) is 0 Å². The maximum Gasteiger partial charge on any atom is 0.122 e. The third-order valence-electron chi connectivity index (χ3n) is 6.34. The number of nitriles is 1. The van der Waals surface area contributed by atoms with Gasteiger partial charge in [-0.05, 0) is 73.7 Å². The van der Waals surface area contributed by atoms with Gasteiger partial charge in [0.1, 0.15) is 11.5 Å². The number of nitrogens with zero attached hydrogens (tertiary/aromatic N) is 1. The fourth-order valence-electron chi connectivity index (χ4n) is 4.57. The van der Waals surface area contributed by atoms with Crippen LogP contribution in [-0.4, -0.2) is 19.2 Å². The molecule has 4 nitrogen and oxygen atoms in total. The number of hydrogen-bond acceptors (Lipinski definition) is 3. The smallest absolute Gasteiger partial charge is 0.122 e. The van der Waals surface area contributed by atoms with E-state index in [0.29, 0.717) is 6.42 Å². The van der Waals surface area contributed by atoms with Gasteiger partial charge in [-0.15, -0.1) is 0 Å². The Balaban J connectivity index is 1.65. The molecule has 0 saturated heterocycles. The molecule has 0 radical (unpaired) electrons. The minimum Gasteiger partial charge on any atom is -0.497 e. The molecule has 4 heteroatoms. The quantitative estimate of drug-likeness (QED) is 0.281. The molecule has 0 aliphatic carbocycles. The van der Waals surface area contributed by atoms with Gasteiger partial charge in [0.25, 0.3) is 0 Å². The van der Waals surface area contributed by atoms with Crippen molar-refractivity contribution < 1.29 is 9.47 Å². The van der Waals surface area contributed by atoms with Crippen LogP contribution in [0.25, 0.3) is 22.2 Å². The fraction of sp³-hybridized carbons (Fsp3) is 0.464. The summed E-state index contributed by atoms with van der Waals surface area (Å²) in [4.78, 5) is 3.63. The molecule has 1 N–H and O–H groups in total. The monoisotopic (exact) mass is 432 g/mol. The van der Waals surface area contributed by atoms with E-state index in [1.807, 2.05) is 12.1 Å². The largest absolute Gasteiger partial charge is 0.497 e. The van der Waals surface area contributed by atoms with Gasteiger partial charge < -0.3 is 14.5 Å². The molecule has 0 saturated carbocycles. The normalized spacial score (nSPS) is 10.9. The highest BCUT2D eigenvalue weighted by Crippen LogP contribution is 2.37. The second kappa shape index (κ2) is 12.2. The molecule has 2 aromatic carbocycles. The zero-order chi connectivity index (χ0) is 22.8. The molecule has 0 aliphatic rings. The van der Waals surface area contributed by atoms with E-state index in [1.165, 1.54) is 72.5 Å². The summed E-state index contributed by atoms with van der Waals surface area (Å²) in [5.74, 6) is 1.85. The van der Waals surface area contributed by atoms with E-state index in [-0.39, 0.29) is 0 Å². The number of aryl methyl sites for hydroxylation is 2. The second-order valence-electron chi connectivity index (χ2n) is 8.51. The zero-order valence-electron chi connectivity index (χ0n) is 19.8. The first kappa shape index (κ1) is 23.7. The van der Waals surface area contributed by atoms with Gasteiger partial charge in [-0.2, -0.15) is 5.26 Å². The number of aromatic nitrogens is 1. The molecule has 3 aromatic rings. The lowest BCUT2D eigenvalue weighted by molar-refractivity contribution is 0.409. The minimum absolute atomic E-state index is 0.701. The van der Waals surface area contributed by atoms with Crippen LogP contribution in [0.1, 0.15) is 68.9 Å². The third-order valence-corrected chi connectivity index (χ3v) is 6.34. The predicted molar refractivity (Wildman–Crippen MR) is 132 cm³/mol. The molecule has 0 amide bonds. The number of benzene rings is 2. The Morgan fingerprint density at radius 2 is 1.47 bits per heavy atom. The Labute approximate surface area is 192 Å².